The molecule has 0 aromatic carbocycles. The zero-order valence-corrected chi connectivity index (χ0v) is 10.1. The lowest BCUT2D eigenvalue weighted by atomic mass is 10.6. The van der Waals surface area contributed by atoms with Crippen molar-refractivity contribution in [2.24, 2.45) is 0 Å². The molecule has 1 heterocycles. The predicted molar refractivity (Wildman–Crippen MR) is 57.3 cm³/mol. The zero-order valence-electron chi connectivity index (χ0n) is 4.89. The molecule has 4 unspecified atom stereocenters. The third-order valence-corrected chi connectivity index (χ3v) is 26.7. The summed E-state index contributed by atoms with van der Waals surface area (Å²) in [7, 11) is 8.24. The van der Waals surface area contributed by atoms with Gasteiger partial charge in [-0.15, -0.1) is 0 Å². The first-order valence-corrected chi connectivity index (χ1v) is 11.9. The Labute approximate surface area is 59.6 Å². The standard InChI is InChI=1S/C3H12P5/c1-3-2-8(3,6-4)7-5/h3,6-7H,2,4-5H2,1H3/q+1/t3-/m0/s1. The van der Waals surface area contributed by atoms with Crippen LogP contribution in [-0.2, 0) is 0 Å². The van der Waals surface area contributed by atoms with E-state index in [1.807, 2.05) is 0 Å². The number of hydrogen-bond acceptors (Lipinski definition) is 0. The Balaban J connectivity index is 2.39. The summed E-state index contributed by atoms with van der Waals surface area (Å²) in [6.45, 7) is 2.14. The summed E-state index contributed by atoms with van der Waals surface area (Å²) in [6, 6.07) is 0. The van der Waals surface area contributed by atoms with Gasteiger partial charge in [0.15, 0.2) is 0 Å². The molecule has 0 aliphatic carbocycles. The molecule has 5 heteroatoms. The van der Waals surface area contributed by atoms with Crippen LogP contribution in [0.1, 0.15) is 6.92 Å². The Hall–Kier alpha value is 2.15. The van der Waals surface area contributed by atoms with Gasteiger partial charge in [-0.25, -0.2) is 0 Å². The van der Waals surface area contributed by atoms with E-state index in [0.717, 1.165) is 5.66 Å². The van der Waals surface area contributed by atoms with Crippen LogP contribution < -0.4 is 0 Å². The fourth-order valence-corrected chi connectivity index (χ4v) is 22.9. The Morgan fingerprint density at radius 1 is 1.50 bits per heavy atom. The molecule has 0 nitrogen and oxygen atoms in total. The third kappa shape index (κ3) is 1.42. The molecule has 1 aliphatic rings. The zero-order chi connectivity index (χ0) is 6.20. The summed E-state index contributed by atoms with van der Waals surface area (Å²) in [5, 5.41) is 0. The minimum absolute atomic E-state index is 0.264. The lowest BCUT2D eigenvalue weighted by molar-refractivity contribution is 1.25. The molecule has 1 rings (SSSR count). The van der Waals surface area contributed by atoms with Crippen LogP contribution in [0.15, 0.2) is 0 Å². The molecule has 0 aromatic heterocycles. The van der Waals surface area contributed by atoms with Gasteiger partial charge < -0.3 is 0 Å². The molecule has 0 spiro atoms. The van der Waals surface area contributed by atoms with Gasteiger partial charge in [-0.3, -0.25) is 0 Å². The van der Waals surface area contributed by atoms with E-state index >= 15 is 0 Å². The van der Waals surface area contributed by atoms with E-state index in [0.29, 0.717) is 0 Å². The van der Waals surface area contributed by atoms with E-state index < -0.39 is 0 Å². The van der Waals surface area contributed by atoms with Crippen molar-refractivity contribution >= 4 is 40.4 Å². The molecule has 5 atom stereocenters. The van der Waals surface area contributed by atoms with Crippen molar-refractivity contribution in [2.45, 2.75) is 12.6 Å². The average Bonchev–Trinajstić information content (AvgIpc) is 2.43. The molecule has 0 aromatic rings. The molecule has 0 bridgehead atoms. The van der Waals surface area contributed by atoms with Crippen LogP contribution in [0.5, 0.6) is 0 Å². The highest BCUT2D eigenvalue weighted by Gasteiger charge is 2.58. The van der Waals surface area contributed by atoms with Gasteiger partial charge in [0.05, 0.1) is 22.6 Å². The second kappa shape index (κ2) is 3.04. The molecular formula is C3H12P5+. The fourth-order valence-electron chi connectivity index (χ4n) is 0.767. The highest BCUT2D eigenvalue weighted by Crippen LogP contribution is 3.02. The molecule has 48 valence electrons. The monoisotopic (exact) mass is 203 g/mol. The first kappa shape index (κ1) is 8.25. The van der Waals surface area contributed by atoms with Crippen LogP contribution in [-0.4, -0.2) is 11.8 Å². The lowest BCUT2D eigenvalue weighted by Gasteiger charge is -1.98. The molecule has 8 heavy (non-hydrogen) atoms. The van der Waals surface area contributed by atoms with Gasteiger partial charge in [0.25, 0.3) is 0 Å². The summed E-state index contributed by atoms with van der Waals surface area (Å²) in [6.07, 6.45) is 1.58. The summed E-state index contributed by atoms with van der Waals surface area (Å²) in [5.41, 5.74) is 1.12. The second-order valence-electron chi connectivity index (χ2n) is 2.16. The molecule has 1 fully saturated rings. The van der Waals surface area contributed by atoms with Crippen LogP contribution in [0.4, 0.5) is 0 Å². The molecular weight excluding hydrogens is 191 g/mol. The number of hydrogen-bond donors (Lipinski definition) is 0. The van der Waals surface area contributed by atoms with Gasteiger partial charge in [0, 0.05) is 0 Å². The van der Waals surface area contributed by atoms with Crippen LogP contribution in [0.2, 0.25) is 0 Å². The van der Waals surface area contributed by atoms with Gasteiger partial charge in [0.1, 0.15) is 11.8 Å². The quantitative estimate of drug-likeness (QED) is 0.604. The van der Waals surface area contributed by atoms with Gasteiger partial charge in [-0.2, -0.15) is 0 Å². The van der Waals surface area contributed by atoms with Gasteiger partial charge >= 0.3 is 0 Å². The SMILES string of the molecule is C[C@H]1C[P+]1(PP)PP. The van der Waals surface area contributed by atoms with E-state index in [4.69, 9.17) is 0 Å². The molecule has 1 saturated heterocycles. The maximum Gasteiger partial charge on any atom is 0.105 e. The molecule has 0 radical (unpaired) electrons. The molecule has 1 aliphatic heterocycles. The largest absolute Gasteiger partial charge is 0.105 e. The summed E-state index contributed by atoms with van der Waals surface area (Å²) in [5.74, 6) is 0. The predicted octanol–water partition coefficient (Wildman–Crippen LogP) is 3.17. The Morgan fingerprint density at radius 3 is 1.88 bits per heavy atom. The van der Waals surface area contributed by atoms with Crippen molar-refractivity contribution in [1.82, 2.24) is 0 Å². The minimum atomic E-state index is -0.264. The van der Waals surface area contributed by atoms with Crippen LogP contribution >= 0.6 is 40.4 Å². The van der Waals surface area contributed by atoms with E-state index in [2.05, 4.69) is 24.8 Å². The Kier molecular flexibility index (Phi) is 3.13. The van der Waals surface area contributed by atoms with Crippen molar-refractivity contribution < 1.29 is 0 Å². The normalized spacial score (nSPS) is 47.6. The molecule has 0 saturated carbocycles. The van der Waals surface area contributed by atoms with Gasteiger partial charge in [-0.1, -0.05) is 17.9 Å². The first-order chi connectivity index (χ1) is 3.75. The maximum absolute atomic E-state index is 2.93. The van der Waals surface area contributed by atoms with Crippen molar-refractivity contribution in [2.75, 3.05) is 6.16 Å². The highest BCUT2D eigenvalue weighted by molar-refractivity contribution is 8.80. The average molecular weight is 203 g/mol. The summed E-state index contributed by atoms with van der Waals surface area (Å²) < 4.78 is 0. The van der Waals surface area contributed by atoms with Gasteiger partial charge in [0.2, 0.25) is 0 Å². The summed E-state index contributed by atoms with van der Waals surface area (Å²) >= 11 is 0. The van der Waals surface area contributed by atoms with Crippen LogP contribution in [0.25, 0.3) is 0 Å². The molecule has 0 N–H and O–H groups in total. The second-order valence-corrected chi connectivity index (χ2v) is 18.0. The lowest BCUT2D eigenvalue weighted by Crippen LogP contribution is -1.60. The first-order valence-electron chi connectivity index (χ1n) is 2.58. The van der Waals surface area contributed by atoms with E-state index in [1.54, 1.807) is 6.16 Å². The Bertz CT molecular complexity index is 82.2. The minimum Gasteiger partial charge on any atom is -0.0725 e. The molecule has 0 amide bonds. The highest BCUT2D eigenvalue weighted by atomic mass is 32.7. The van der Waals surface area contributed by atoms with Gasteiger partial charge in [-0.05, 0) is 6.92 Å². The Morgan fingerprint density at radius 2 is 1.88 bits per heavy atom. The van der Waals surface area contributed by atoms with E-state index in [-0.39, 0.29) is 6.64 Å². The van der Waals surface area contributed by atoms with Crippen molar-refractivity contribution in [3.8, 4) is 0 Å². The van der Waals surface area contributed by atoms with Crippen LogP contribution in [0, 0.1) is 0 Å². The van der Waals surface area contributed by atoms with E-state index in [1.165, 1.54) is 15.9 Å². The fraction of sp³-hybridized carbons (Fsp3) is 1.00. The summed E-state index contributed by atoms with van der Waals surface area (Å²) in [4.78, 5) is 0. The van der Waals surface area contributed by atoms with E-state index in [9.17, 15) is 0 Å². The topological polar surface area (TPSA) is 0 Å². The van der Waals surface area contributed by atoms with Crippen molar-refractivity contribution in [3.63, 3.8) is 0 Å². The van der Waals surface area contributed by atoms with Crippen molar-refractivity contribution in [3.05, 3.63) is 0 Å². The van der Waals surface area contributed by atoms with Crippen LogP contribution in [0.3, 0.4) is 0 Å². The smallest absolute Gasteiger partial charge is 0.0725 e. The number of rotatable bonds is 2. The third-order valence-electron chi connectivity index (χ3n) is 1.63. The maximum atomic E-state index is 2.93. The van der Waals surface area contributed by atoms with Crippen molar-refractivity contribution in [1.29, 1.82) is 0 Å².